The minimum absolute atomic E-state index is 0.00342. The Morgan fingerprint density at radius 1 is 1.08 bits per heavy atom. The summed E-state index contributed by atoms with van der Waals surface area (Å²) in [5.74, 6) is 0.0855. The predicted octanol–water partition coefficient (Wildman–Crippen LogP) is 3.18. The second kappa shape index (κ2) is 5.20. The van der Waals surface area contributed by atoms with Gasteiger partial charge >= 0.3 is 0 Å². The number of nitrogens with zero attached hydrogens (tertiary/aromatic N) is 1. The molecule has 24 heavy (non-hydrogen) atoms. The SMILES string of the molecule is Cc1ccccc1C1N(C)C(=O)CCC12C(=O)Nc1ccccc12. The third-order valence-corrected chi connectivity index (χ3v) is 5.52. The number of likely N-dealkylation sites (N-methyl/N-ethyl adjacent to an activating group) is 1. The fourth-order valence-electron chi connectivity index (χ4n) is 4.32. The molecule has 2 amide bonds. The molecule has 2 aliphatic heterocycles. The molecule has 2 aliphatic rings. The summed E-state index contributed by atoms with van der Waals surface area (Å²) < 4.78 is 0. The summed E-state index contributed by atoms with van der Waals surface area (Å²) >= 11 is 0. The maximum absolute atomic E-state index is 13.1. The highest BCUT2D eigenvalue weighted by Gasteiger charge is 2.57. The van der Waals surface area contributed by atoms with Crippen molar-refractivity contribution in [2.24, 2.45) is 0 Å². The number of aryl methyl sites for hydroxylation is 1. The van der Waals surface area contributed by atoms with Crippen LogP contribution in [0.4, 0.5) is 5.69 Å². The van der Waals surface area contributed by atoms with Gasteiger partial charge < -0.3 is 10.2 Å². The van der Waals surface area contributed by atoms with E-state index in [9.17, 15) is 9.59 Å². The summed E-state index contributed by atoms with van der Waals surface area (Å²) in [7, 11) is 1.81. The van der Waals surface area contributed by atoms with Crippen LogP contribution in [0.1, 0.15) is 35.6 Å². The minimum Gasteiger partial charge on any atom is -0.337 e. The van der Waals surface area contributed by atoms with E-state index in [1.54, 1.807) is 4.90 Å². The van der Waals surface area contributed by atoms with E-state index in [1.165, 1.54) is 0 Å². The van der Waals surface area contributed by atoms with E-state index in [1.807, 2.05) is 62.5 Å². The van der Waals surface area contributed by atoms with Crippen LogP contribution in [0.2, 0.25) is 0 Å². The first-order valence-electron chi connectivity index (χ1n) is 8.28. The summed E-state index contributed by atoms with van der Waals surface area (Å²) in [5, 5.41) is 3.04. The topological polar surface area (TPSA) is 49.4 Å². The molecule has 4 rings (SSSR count). The van der Waals surface area contributed by atoms with E-state index in [2.05, 4.69) is 5.32 Å². The Balaban J connectivity index is 1.98. The second-order valence-electron chi connectivity index (χ2n) is 6.73. The largest absolute Gasteiger partial charge is 0.337 e. The van der Waals surface area contributed by atoms with Crippen molar-refractivity contribution in [2.75, 3.05) is 12.4 Å². The number of nitrogens with one attached hydrogen (secondary N) is 1. The van der Waals surface area contributed by atoms with Crippen molar-refractivity contribution in [3.63, 3.8) is 0 Å². The molecule has 4 heteroatoms. The number of fused-ring (bicyclic) bond motifs is 2. The van der Waals surface area contributed by atoms with Gasteiger partial charge in [0.2, 0.25) is 11.8 Å². The maximum Gasteiger partial charge on any atom is 0.237 e. The number of hydrogen-bond donors (Lipinski definition) is 1. The Bertz CT molecular complexity index is 845. The zero-order valence-corrected chi connectivity index (χ0v) is 13.9. The summed E-state index contributed by atoms with van der Waals surface area (Å²) in [6, 6.07) is 15.6. The number of anilines is 1. The molecule has 0 bridgehead atoms. The zero-order valence-electron chi connectivity index (χ0n) is 13.9. The number of piperidine rings is 1. The van der Waals surface area contributed by atoms with Crippen LogP contribution in [-0.2, 0) is 15.0 Å². The number of amides is 2. The van der Waals surface area contributed by atoms with Crippen molar-refractivity contribution in [3.8, 4) is 0 Å². The molecule has 0 radical (unpaired) electrons. The Kier molecular flexibility index (Phi) is 3.23. The Labute approximate surface area is 141 Å². The van der Waals surface area contributed by atoms with E-state index in [-0.39, 0.29) is 17.9 Å². The quantitative estimate of drug-likeness (QED) is 0.877. The first kappa shape index (κ1) is 14.9. The second-order valence-corrected chi connectivity index (χ2v) is 6.73. The van der Waals surface area contributed by atoms with E-state index < -0.39 is 5.41 Å². The van der Waals surface area contributed by atoms with E-state index in [4.69, 9.17) is 0 Å². The Hall–Kier alpha value is -2.62. The smallest absolute Gasteiger partial charge is 0.237 e. The number of para-hydroxylation sites is 1. The molecular formula is C20H20N2O2. The lowest BCUT2D eigenvalue weighted by molar-refractivity contribution is -0.141. The molecule has 2 heterocycles. The zero-order chi connectivity index (χ0) is 16.9. The number of benzene rings is 2. The molecular weight excluding hydrogens is 300 g/mol. The average Bonchev–Trinajstić information content (AvgIpc) is 2.86. The third kappa shape index (κ3) is 1.86. The van der Waals surface area contributed by atoms with Gasteiger partial charge in [-0.2, -0.15) is 0 Å². The number of hydrogen-bond acceptors (Lipinski definition) is 2. The molecule has 122 valence electrons. The monoisotopic (exact) mass is 320 g/mol. The molecule has 4 nitrogen and oxygen atoms in total. The maximum atomic E-state index is 13.1. The average molecular weight is 320 g/mol. The normalized spacial score (nSPS) is 25.8. The summed E-state index contributed by atoms with van der Waals surface area (Å²) in [5.41, 5.74) is 3.29. The van der Waals surface area contributed by atoms with Crippen LogP contribution < -0.4 is 5.32 Å². The van der Waals surface area contributed by atoms with Gasteiger partial charge in [0.15, 0.2) is 0 Å². The summed E-state index contributed by atoms with van der Waals surface area (Å²) in [4.78, 5) is 27.3. The lowest BCUT2D eigenvalue weighted by Gasteiger charge is -2.46. The van der Waals surface area contributed by atoms with Gasteiger partial charge in [-0.3, -0.25) is 9.59 Å². The molecule has 1 N–H and O–H groups in total. The van der Waals surface area contributed by atoms with Crippen LogP contribution in [0.25, 0.3) is 0 Å². The lowest BCUT2D eigenvalue weighted by Crippen LogP contribution is -2.53. The molecule has 1 fully saturated rings. The highest BCUT2D eigenvalue weighted by atomic mass is 16.2. The fourth-order valence-corrected chi connectivity index (χ4v) is 4.32. The molecule has 2 aromatic rings. The van der Waals surface area contributed by atoms with Gasteiger partial charge in [-0.15, -0.1) is 0 Å². The van der Waals surface area contributed by atoms with Crippen LogP contribution in [0.3, 0.4) is 0 Å². The molecule has 0 saturated carbocycles. The third-order valence-electron chi connectivity index (χ3n) is 5.52. The van der Waals surface area contributed by atoms with Crippen LogP contribution in [-0.4, -0.2) is 23.8 Å². The van der Waals surface area contributed by atoms with E-state index >= 15 is 0 Å². The van der Waals surface area contributed by atoms with Crippen LogP contribution in [0, 0.1) is 6.92 Å². The number of carbonyl (C=O) groups excluding carboxylic acids is 2. The van der Waals surface area contributed by atoms with Gasteiger partial charge in [-0.05, 0) is 36.1 Å². The standard InChI is InChI=1S/C20H20N2O2/c1-13-7-3-4-8-14(13)18-20(12-11-17(23)22(18)2)15-9-5-6-10-16(15)21-19(20)24/h3-10,18H,11-12H2,1-2H3,(H,21,24). The number of likely N-dealkylation sites (tertiary alicyclic amines) is 1. The number of carbonyl (C=O) groups is 2. The highest BCUT2D eigenvalue weighted by Crippen LogP contribution is 2.53. The van der Waals surface area contributed by atoms with Crippen LogP contribution >= 0.6 is 0 Å². The molecule has 2 aromatic carbocycles. The Morgan fingerprint density at radius 2 is 1.79 bits per heavy atom. The van der Waals surface area contributed by atoms with Crippen molar-refractivity contribution >= 4 is 17.5 Å². The van der Waals surface area contributed by atoms with Gasteiger partial charge in [0.05, 0.1) is 6.04 Å². The van der Waals surface area contributed by atoms with Gasteiger partial charge in [-0.1, -0.05) is 42.5 Å². The summed E-state index contributed by atoms with van der Waals surface area (Å²) in [6.07, 6.45) is 0.929. The van der Waals surface area contributed by atoms with Crippen molar-refractivity contribution in [1.29, 1.82) is 0 Å². The first-order valence-corrected chi connectivity index (χ1v) is 8.28. The fraction of sp³-hybridized carbons (Fsp3) is 0.300. The highest BCUT2D eigenvalue weighted by molar-refractivity contribution is 6.08. The van der Waals surface area contributed by atoms with E-state index in [0.29, 0.717) is 12.8 Å². The minimum atomic E-state index is -0.717. The van der Waals surface area contributed by atoms with Gasteiger partial charge in [0.25, 0.3) is 0 Å². The van der Waals surface area contributed by atoms with Gasteiger partial charge in [0, 0.05) is 19.2 Å². The molecule has 0 aromatic heterocycles. The van der Waals surface area contributed by atoms with Crippen molar-refractivity contribution in [2.45, 2.75) is 31.2 Å². The van der Waals surface area contributed by atoms with Crippen molar-refractivity contribution in [1.82, 2.24) is 4.90 Å². The predicted molar refractivity (Wildman–Crippen MR) is 92.7 cm³/mol. The Morgan fingerprint density at radius 3 is 2.58 bits per heavy atom. The van der Waals surface area contributed by atoms with Crippen molar-refractivity contribution in [3.05, 3.63) is 65.2 Å². The van der Waals surface area contributed by atoms with Crippen LogP contribution in [0.5, 0.6) is 0 Å². The molecule has 2 atom stereocenters. The molecule has 1 saturated heterocycles. The molecule has 2 unspecified atom stereocenters. The van der Waals surface area contributed by atoms with Gasteiger partial charge in [-0.25, -0.2) is 0 Å². The lowest BCUT2D eigenvalue weighted by atomic mass is 9.66. The van der Waals surface area contributed by atoms with Gasteiger partial charge in [0.1, 0.15) is 5.41 Å². The van der Waals surface area contributed by atoms with Crippen LogP contribution in [0.15, 0.2) is 48.5 Å². The summed E-state index contributed by atoms with van der Waals surface area (Å²) in [6.45, 7) is 2.04. The van der Waals surface area contributed by atoms with E-state index in [0.717, 1.165) is 22.4 Å². The number of rotatable bonds is 1. The molecule has 1 spiro atoms. The van der Waals surface area contributed by atoms with Crippen molar-refractivity contribution < 1.29 is 9.59 Å². The molecule has 0 aliphatic carbocycles. The first-order chi connectivity index (χ1) is 11.6.